The summed E-state index contributed by atoms with van der Waals surface area (Å²) in [5.41, 5.74) is 0.238. The highest BCUT2D eigenvalue weighted by molar-refractivity contribution is 5.95. The van der Waals surface area contributed by atoms with E-state index in [2.05, 4.69) is 10.3 Å². The molecule has 1 amide bonds. The van der Waals surface area contributed by atoms with Crippen LogP contribution >= 0.6 is 0 Å². The number of nitrogens with zero attached hydrogens (tertiary/aromatic N) is 2. The third-order valence-corrected chi connectivity index (χ3v) is 3.23. The normalized spacial score (nSPS) is 11.7. The first-order chi connectivity index (χ1) is 10.5. The van der Waals surface area contributed by atoms with E-state index in [4.69, 9.17) is 0 Å². The van der Waals surface area contributed by atoms with Crippen LogP contribution in [0.1, 0.15) is 35.3 Å². The molecule has 0 aliphatic heterocycles. The zero-order valence-corrected chi connectivity index (χ0v) is 11.8. The highest BCUT2D eigenvalue weighted by atomic mass is 19.1. The van der Waals surface area contributed by atoms with Crippen LogP contribution in [0.25, 0.3) is 0 Å². The van der Waals surface area contributed by atoms with Crippen LogP contribution in [0, 0.1) is 15.9 Å². The van der Waals surface area contributed by atoms with Crippen molar-refractivity contribution in [2.75, 3.05) is 0 Å². The molecule has 0 fully saturated rings. The molecule has 0 radical (unpaired) electrons. The summed E-state index contributed by atoms with van der Waals surface area (Å²) in [7, 11) is 0. The summed E-state index contributed by atoms with van der Waals surface area (Å²) in [6.07, 6.45) is 3.83. The first kappa shape index (κ1) is 15.6. The maximum absolute atomic E-state index is 13.8. The van der Waals surface area contributed by atoms with E-state index in [1.165, 1.54) is 0 Å². The molecule has 2 rings (SSSR count). The van der Waals surface area contributed by atoms with Gasteiger partial charge < -0.3 is 5.32 Å². The lowest BCUT2D eigenvalue weighted by atomic mass is 10.1. The van der Waals surface area contributed by atoms with Crippen molar-refractivity contribution in [1.29, 1.82) is 0 Å². The van der Waals surface area contributed by atoms with Crippen LogP contribution in [-0.4, -0.2) is 15.8 Å². The van der Waals surface area contributed by atoms with Crippen molar-refractivity contribution < 1.29 is 14.1 Å². The van der Waals surface area contributed by atoms with Crippen molar-refractivity contribution >= 4 is 11.6 Å². The van der Waals surface area contributed by atoms with E-state index in [0.29, 0.717) is 6.42 Å². The Bertz CT molecular complexity index is 692. The van der Waals surface area contributed by atoms with Crippen molar-refractivity contribution in [3.63, 3.8) is 0 Å². The molecule has 1 aromatic heterocycles. The Morgan fingerprint density at radius 3 is 2.59 bits per heavy atom. The summed E-state index contributed by atoms with van der Waals surface area (Å²) in [6.45, 7) is 1.89. The van der Waals surface area contributed by atoms with Crippen LogP contribution in [0.3, 0.4) is 0 Å². The summed E-state index contributed by atoms with van der Waals surface area (Å²) in [6, 6.07) is 6.20. The van der Waals surface area contributed by atoms with E-state index in [-0.39, 0.29) is 11.6 Å². The van der Waals surface area contributed by atoms with Gasteiger partial charge in [-0.2, -0.15) is 0 Å². The quantitative estimate of drug-likeness (QED) is 0.679. The number of nitro benzene ring substituents is 1. The number of halogens is 1. The molecular weight excluding hydrogens is 289 g/mol. The molecule has 0 aliphatic rings. The van der Waals surface area contributed by atoms with Gasteiger partial charge in [-0.05, 0) is 30.2 Å². The minimum atomic E-state index is -0.920. The number of hydrogen-bond acceptors (Lipinski definition) is 4. The molecule has 0 saturated carbocycles. The first-order valence-corrected chi connectivity index (χ1v) is 6.67. The number of rotatable bonds is 5. The molecule has 1 unspecified atom stereocenters. The van der Waals surface area contributed by atoms with Gasteiger partial charge in [-0.3, -0.25) is 19.9 Å². The van der Waals surface area contributed by atoms with Gasteiger partial charge in [0.1, 0.15) is 5.82 Å². The molecule has 0 aliphatic carbocycles. The predicted octanol–water partition coefficient (Wildman–Crippen LogP) is 3.01. The summed E-state index contributed by atoms with van der Waals surface area (Å²) in [5.74, 6) is -1.53. The molecule has 0 spiro atoms. The number of non-ortho nitro benzene ring substituents is 1. The smallest absolute Gasteiger partial charge is 0.272 e. The minimum absolute atomic E-state index is 0.224. The van der Waals surface area contributed by atoms with E-state index in [9.17, 15) is 19.3 Å². The van der Waals surface area contributed by atoms with Gasteiger partial charge in [-0.1, -0.05) is 6.92 Å². The number of benzene rings is 1. The van der Waals surface area contributed by atoms with Gasteiger partial charge in [-0.15, -0.1) is 0 Å². The number of pyridine rings is 1. The fourth-order valence-electron chi connectivity index (χ4n) is 2.05. The standard InChI is InChI=1S/C15H14FN3O3/c1-2-14(10-5-7-17-8-6-10)18-15(20)12-4-3-11(19(21)22)9-13(12)16/h3-9,14H,2H2,1H3,(H,18,20). The summed E-state index contributed by atoms with van der Waals surface area (Å²) < 4.78 is 13.8. The molecule has 1 N–H and O–H groups in total. The third-order valence-electron chi connectivity index (χ3n) is 3.23. The summed E-state index contributed by atoms with van der Waals surface area (Å²) >= 11 is 0. The van der Waals surface area contributed by atoms with E-state index < -0.39 is 22.3 Å². The second-order valence-electron chi connectivity index (χ2n) is 4.64. The van der Waals surface area contributed by atoms with Crippen molar-refractivity contribution in [1.82, 2.24) is 10.3 Å². The van der Waals surface area contributed by atoms with Crippen molar-refractivity contribution in [2.45, 2.75) is 19.4 Å². The Hall–Kier alpha value is -2.83. The number of amides is 1. The lowest BCUT2D eigenvalue weighted by Crippen LogP contribution is -2.28. The lowest BCUT2D eigenvalue weighted by molar-refractivity contribution is -0.385. The van der Waals surface area contributed by atoms with Crippen molar-refractivity contribution in [3.05, 3.63) is 69.8 Å². The number of nitrogens with one attached hydrogen (secondary N) is 1. The third kappa shape index (κ3) is 3.43. The highest BCUT2D eigenvalue weighted by Gasteiger charge is 2.19. The van der Waals surface area contributed by atoms with Gasteiger partial charge in [-0.25, -0.2) is 4.39 Å². The van der Waals surface area contributed by atoms with Crippen LogP contribution in [-0.2, 0) is 0 Å². The number of hydrogen-bond donors (Lipinski definition) is 1. The monoisotopic (exact) mass is 303 g/mol. The van der Waals surface area contributed by atoms with Gasteiger partial charge in [0.25, 0.3) is 11.6 Å². The van der Waals surface area contributed by atoms with E-state index >= 15 is 0 Å². The number of aromatic nitrogens is 1. The van der Waals surface area contributed by atoms with E-state index in [1.807, 2.05) is 6.92 Å². The molecule has 22 heavy (non-hydrogen) atoms. The Labute approximate surface area is 126 Å². The molecule has 2 aromatic rings. The highest BCUT2D eigenvalue weighted by Crippen LogP contribution is 2.19. The van der Waals surface area contributed by atoms with Crippen LogP contribution < -0.4 is 5.32 Å². The van der Waals surface area contributed by atoms with Crippen LogP contribution in [0.15, 0.2) is 42.7 Å². The van der Waals surface area contributed by atoms with Gasteiger partial charge in [0.15, 0.2) is 0 Å². The molecular formula is C15H14FN3O3. The Balaban J connectivity index is 2.19. The van der Waals surface area contributed by atoms with Gasteiger partial charge in [0.2, 0.25) is 0 Å². The van der Waals surface area contributed by atoms with Gasteiger partial charge in [0, 0.05) is 18.5 Å². The topological polar surface area (TPSA) is 85.1 Å². The molecule has 114 valence electrons. The van der Waals surface area contributed by atoms with Gasteiger partial charge in [0.05, 0.1) is 22.6 Å². The zero-order valence-electron chi connectivity index (χ0n) is 11.8. The Kier molecular flexibility index (Phi) is 4.77. The summed E-state index contributed by atoms with van der Waals surface area (Å²) in [4.78, 5) is 25.9. The SMILES string of the molecule is CCC(NC(=O)c1ccc([N+](=O)[O-])cc1F)c1ccncc1. The molecule has 1 heterocycles. The molecule has 1 atom stereocenters. The number of nitro groups is 1. The molecule has 7 heteroatoms. The average molecular weight is 303 g/mol. The lowest BCUT2D eigenvalue weighted by Gasteiger charge is -2.17. The van der Waals surface area contributed by atoms with E-state index in [1.54, 1.807) is 24.5 Å². The van der Waals surface area contributed by atoms with Crippen LogP contribution in [0.4, 0.5) is 10.1 Å². The van der Waals surface area contributed by atoms with Crippen LogP contribution in [0.5, 0.6) is 0 Å². The predicted molar refractivity (Wildman–Crippen MR) is 77.8 cm³/mol. The molecule has 1 aromatic carbocycles. The van der Waals surface area contributed by atoms with Crippen molar-refractivity contribution in [2.24, 2.45) is 0 Å². The second kappa shape index (κ2) is 6.75. The summed E-state index contributed by atoms with van der Waals surface area (Å²) in [5, 5.41) is 13.3. The zero-order chi connectivity index (χ0) is 16.1. The Morgan fingerprint density at radius 1 is 1.36 bits per heavy atom. The Morgan fingerprint density at radius 2 is 2.05 bits per heavy atom. The molecule has 0 bridgehead atoms. The largest absolute Gasteiger partial charge is 0.345 e. The maximum Gasteiger partial charge on any atom is 0.272 e. The molecule has 6 nitrogen and oxygen atoms in total. The van der Waals surface area contributed by atoms with Crippen LogP contribution in [0.2, 0.25) is 0 Å². The van der Waals surface area contributed by atoms with Crippen molar-refractivity contribution in [3.8, 4) is 0 Å². The fraction of sp³-hybridized carbons (Fsp3) is 0.200. The minimum Gasteiger partial charge on any atom is -0.345 e. The fourth-order valence-corrected chi connectivity index (χ4v) is 2.05. The molecule has 0 saturated heterocycles. The number of carbonyl (C=O) groups excluding carboxylic acids is 1. The maximum atomic E-state index is 13.8. The van der Waals surface area contributed by atoms with Gasteiger partial charge >= 0.3 is 0 Å². The van der Waals surface area contributed by atoms with E-state index in [0.717, 1.165) is 23.8 Å². The second-order valence-corrected chi connectivity index (χ2v) is 4.64. The number of carbonyl (C=O) groups is 1. The average Bonchev–Trinajstić information content (AvgIpc) is 2.53. The first-order valence-electron chi connectivity index (χ1n) is 6.67.